The predicted molar refractivity (Wildman–Crippen MR) is 83.6 cm³/mol. The van der Waals surface area contributed by atoms with E-state index >= 15 is 0 Å². The molecular formula is C15H20BrNO2. The van der Waals surface area contributed by atoms with Gasteiger partial charge in [-0.2, -0.15) is 0 Å². The predicted octanol–water partition coefficient (Wildman–Crippen LogP) is 4.17. The number of anilines is 1. The maximum Gasteiger partial charge on any atom is 0.328 e. The van der Waals surface area contributed by atoms with Crippen molar-refractivity contribution < 1.29 is 9.90 Å². The molecule has 19 heavy (non-hydrogen) atoms. The number of carboxylic acids is 1. The van der Waals surface area contributed by atoms with E-state index in [0.717, 1.165) is 28.6 Å². The van der Waals surface area contributed by atoms with Crippen molar-refractivity contribution in [3.63, 3.8) is 0 Å². The minimum absolute atomic E-state index is 0.420. The third-order valence-electron chi connectivity index (χ3n) is 3.14. The maximum absolute atomic E-state index is 10.7. The summed E-state index contributed by atoms with van der Waals surface area (Å²) in [6.45, 7) is 4.34. The average molecular weight is 326 g/mol. The first kappa shape index (κ1) is 15.8. The molecule has 104 valence electrons. The molecule has 0 aliphatic carbocycles. The van der Waals surface area contributed by atoms with Gasteiger partial charge in [0.05, 0.1) is 0 Å². The number of nitrogens with zero attached hydrogens (tertiary/aromatic N) is 1. The Morgan fingerprint density at radius 2 is 2.21 bits per heavy atom. The van der Waals surface area contributed by atoms with Gasteiger partial charge in [-0.1, -0.05) is 29.3 Å². The molecule has 0 radical (unpaired) electrons. The third kappa shape index (κ3) is 4.71. The standard InChI is InChI=1S/C15H20BrNO2/c1-4-5-11(2)17(3)14-8-7-13(16)10-12(14)6-9-15(18)19/h6-11H,4-5H2,1-3H3,(H,18,19)/b9-6+. The Kier molecular flexibility index (Phi) is 6.09. The molecule has 0 saturated carbocycles. The topological polar surface area (TPSA) is 40.5 Å². The van der Waals surface area contributed by atoms with E-state index in [2.05, 4.69) is 34.7 Å². The zero-order chi connectivity index (χ0) is 14.4. The van der Waals surface area contributed by atoms with Crippen LogP contribution in [0.3, 0.4) is 0 Å². The fourth-order valence-electron chi connectivity index (χ4n) is 1.99. The number of hydrogen-bond donors (Lipinski definition) is 1. The summed E-state index contributed by atoms with van der Waals surface area (Å²) in [6, 6.07) is 6.34. The minimum Gasteiger partial charge on any atom is -0.478 e. The minimum atomic E-state index is -0.935. The van der Waals surface area contributed by atoms with E-state index in [1.165, 1.54) is 6.08 Å². The molecule has 0 saturated heterocycles. The highest BCUT2D eigenvalue weighted by Gasteiger charge is 2.12. The van der Waals surface area contributed by atoms with E-state index in [1.54, 1.807) is 6.08 Å². The molecule has 0 spiro atoms. The number of carboxylic acid groups (broad SMARTS) is 1. The molecule has 3 nitrogen and oxygen atoms in total. The summed E-state index contributed by atoms with van der Waals surface area (Å²) >= 11 is 3.42. The largest absolute Gasteiger partial charge is 0.478 e. The van der Waals surface area contributed by atoms with Gasteiger partial charge in [0.25, 0.3) is 0 Å². The second kappa shape index (κ2) is 7.34. The van der Waals surface area contributed by atoms with Crippen LogP contribution in [0.25, 0.3) is 6.08 Å². The van der Waals surface area contributed by atoms with Gasteiger partial charge in [-0.3, -0.25) is 0 Å². The molecular weight excluding hydrogens is 306 g/mol. The van der Waals surface area contributed by atoms with Crippen LogP contribution < -0.4 is 4.90 Å². The van der Waals surface area contributed by atoms with Gasteiger partial charge < -0.3 is 10.0 Å². The fraction of sp³-hybridized carbons (Fsp3) is 0.400. The first-order valence-corrected chi connectivity index (χ1v) is 7.18. The number of hydrogen-bond acceptors (Lipinski definition) is 2. The molecule has 0 aliphatic rings. The summed E-state index contributed by atoms with van der Waals surface area (Å²) in [7, 11) is 2.04. The lowest BCUT2D eigenvalue weighted by atomic mass is 10.1. The maximum atomic E-state index is 10.7. The second-order valence-corrected chi connectivity index (χ2v) is 5.54. The number of rotatable bonds is 6. The first-order valence-electron chi connectivity index (χ1n) is 6.39. The normalized spacial score (nSPS) is 12.6. The summed E-state index contributed by atoms with van der Waals surface area (Å²) in [5, 5.41) is 8.75. The SMILES string of the molecule is CCCC(C)N(C)c1ccc(Br)cc1/C=C/C(=O)O. The zero-order valence-corrected chi connectivity index (χ0v) is 13.1. The van der Waals surface area contributed by atoms with Crippen LogP contribution in [0.5, 0.6) is 0 Å². The van der Waals surface area contributed by atoms with Gasteiger partial charge >= 0.3 is 5.97 Å². The molecule has 1 unspecified atom stereocenters. The highest BCUT2D eigenvalue weighted by Crippen LogP contribution is 2.27. The molecule has 0 aromatic heterocycles. The Morgan fingerprint density at radius 1 is 1.53 bits per heavy atom. The van der Waals surface area contributed by atoms with Gasteiger partial charge in [0.2, 0.25) is 0 Å². The Labute approximate surface area is 123 Å². The molecule has 1 aromatic carbocycles. The van der Waals surface area contributed by atoms with Gasteiger partial charge in [-0.25, -0.2) is 4.79 Å². The number of carbonyl (C=O) groups is 1. The van der Waals surface area contributed by atoms with E-state index in [9.17, 15) is 4.79 Å². The van der Waals surface area contributed by atoms with Gasteiger partial charge in [0, 0.05) is 29.3 Å². The zero-order valence-electron chi connectivity index (χ0n) is 11.6. The van der Waals surface area contributed by atoms with Gasteiger partial charge in [0.15, 0.2) is 0 Å². The van der Waals surface area contributed by atoms with Crippen LogP contribution >= 0.6 is 15.9 Å². The Bertz CT molecular complexity index is 471. The van der Waals surface area contributed by atoms with Crippen LogP contribution in [0.4, 0.5) is 5.69 Å². The molecule has 4 heteroatoms. The van der Waals surface area contributed by atoms with Crippen molar-refractivity contribution in [2.75, 3.05) is 11.9 Å². The van der Waals surface area contributed by atoms with Crippen LogP contribution in [0.1, 0.15) is 32.3 Å². The van der Waals surface area contributed by atoms with E-state index in [4.69, 9.17) is 5.11 Å². The number of halogens is 1. The van der Waals surface area contributed by atoms with Crippen molar-refractivity contribution in [2.45, 2.75) is 32.7 Å². The average Bonchev–Trinajstić information content (AvgIpc) is 2.36. The Balaban J connectivity index is 3.08. The Hall–Kier alpha value is -1.29. The van der Waals surface area contributed by atoms with Crippen molar-refractivity contribution in [1.82, 2.24) is 0 Å². The molecule has 0 aliphatic heterocycles. The van der Waals surface area contributed by atoms with E-state index < -0.39 is 5.97 Å². The van der Waals surface area contributed by atoms with Crippen molar-refractivity contribution in [2.24, 2.45) is 0 Å². The van der Waals surface area contributed by atoms with Crippen molar-refractivity contribution in [3.8, 4) is 0 Å². The monoisotopic (exact) mass is 325 g/mol. The smallest absolute Gasteiger partial charge is 0.328 e. The molecule has 0 heterocycles. The molecule has 1 N–H and O–H groups in total. The lowest BCUT2D eigenvalue weighted by molar-refractivity contribution is -0.131. The number of benzene rings is 1. The van der Waals surface area contributed by atoms with Crippen LogP contribution in [0, 0.1) is 0 Å². The molecule has 1 aromatic rings. The lowest BCUT2D eigenvalue weighted by Gasteiger charge is -2.28. The van der Waals surface area contributed by atoms with Crippen LogP contribution in [0.15, 0.2) is 28.7 Å². The summed E-state index contributed by atoms with van der Waals surface area (Å²) in [4.78, 5) is 12.9. The number of aliphatic carboxylic acids is 1. The van der Waals surface area contributed by atoms with Crippen molar-refractivity contribution >= 4 is 33.7 Å². The summed E-state index contributed by atoms with van der Waals surface area (Å²) in [6.07, 6.45) is 5.04. The van der Waals surface area contributed by atoms with Crippen LogP contribution in [0.2, 0.25) is 0 Å². The van der Waals surface area contributed by atoms with E-state index in [1.807, 2.05) is 25.2 Å². The van der Waals surface area contributed by atoms with Crippen molar-refractivity contribution in [1.29, 1.82) is 0 Å². The van der Waals surface area contributed by atoms with Crippen LogP contribution in [-0.4, -0.2) is 24.2 Å². The molecule has 0 bridgehead atoms. The Morgan fingerprint density at radius 3 is 2.79 bits per heavy atom. The van der Waals surface area contributed by atoms with Crippen molar-refractivity contribution in [3.05, 3.63) is 34.3 Å². The molecule has 0 amide bonds. The van der Waals surface area contributed by atoms with Gasteiger partial charge in [0.1, 0.15) is 0 Å². The van der Waals surface area contributed by atoms with E-state index in [0.29, 0.717) is 6.04 Å². The van der Waals surface area contributed by atoms with Gasteiger partial charge in [-0.15, -0.1) is 0 Å². The first-order chi connectivity index (χ1) is 8.95. The molecule has 1 atom stereocenters. The summed E-state index contributed by atoms with van der Waals surface area (Å²) in [5.74, 6) is -0.935. The summed E-state index contributed by atoms with van der Waals surface area (Å²) in [5.41, 5.74) is 1.95. The molecule has 1 rings (SSSR count). The highest BCUT2D eigenvalue weighted by molar-refractivity contribution is 9.10. The second-order valence-electron chi connectivity index (χ2n) is 4.62. The lowest BCUT2D eigenvalue weighted by Crippen LogP contribution is -2.29. The highest BCUT2D eigenvalue weighted by atomic mass is 79.9. The fourth-order valence-corrected chi connectivity index (χ4v) is 2.37. The quantitative estimate of drug-likeness (QED) is 0.798. The molecule has 0 fully saturated rings. The van der Waals surface area contributed by atoms with E-state index in [-0.39, 0.29) is 0 Å². The van der Waals surface area contributed by atoms with Crippen LogP contribution in [-0.2, 0) is 4.79 Å². The third-order valence-corrected chi connectivity index (χ3v) is 3.64. The summed E-state index contributed by atoms with van der Waals surface area (Å²) < 4.78 is 0.942. The van der Waals surface area contributed by atoms with Gasteiger partial charge in [-0.05, 0) is 43.2 Å².